The molecule has 0 saturated carbocycles. The third kappa shape index (κ3) is 5.77. The van der Waals surface area contributed by atoms with Gasteiger partial charge in [-0.15, -0.1) is 21.5 Å². The zero-order chi connectivity index (χ0) is 24.1. The van der Waals surface area contributed by atoms with Gasteiger partial charge in [0, 0.05) is 24.7 Å². The molecule has 0 unspecified atom stereocenters. The van der Waals surface area contributed by atoms with Crippen LogP contribution in [0.25, 0.3) is 11.5 Å². The van der Waals surface area contributed by atoms with Gasteiger partial charge in [-0.1, -0.05) is 36.7 Å². The lowest BCUT2D eigenvalue weighted by Gasteiger charge is -2.09. The number of anilines is 1. The number of nitrogens with one attached hydrogen (secondary N) is 1. The number of nitrogens with zero attached hydrogens (tertiary/aromatic N) is 5. The number of halogens is 1. The summed E-state index contributed by atoms with van der Waals surface area (Å²) in [7, 11) is 1.79. The zero-order valence-corrected chi connectivity index (χ0v) is 21.7. The van der Waals surface area contributed by atoms with Crippen LogP contribution in [0.2, 0.25) is 5.02 Å². The van der Waals surface area contributed by atoms with E-state index in [1.807, 2.05) is 18.4 Å². The molecule has 0 aliphatic heterocycles. The van der Waals surface area contributed by atoms with E-state index < -0.39 is 5.97 Å². The molecule has 1 N–H and O–H groups in total. The Labute approximate surface area is 205 Å². The SMILES string of the molecule is CCCCn1c(SCC(=O)Nc2sc(C)c(C)c2C(=O)OCC)nnc1-c1nn(C)cc1Cl. The van der Waals surface area contributed by atoms with Crippen molar-refractivity contribution in [1.82, 2.24) is 24.5 Å². The Kier molecular flexibility index (Phi) is 8.55. The number of carbonyl (C=O) groups is 2. The van der Waals surface area contributed by atoms with Crippen LogP contribution in [0.3, 0.4) is 0 Å². The summed E-state index contributed by atoms with van der Waals surface area (Å²) in [6.07, 6.45) is 3.62. The van der Waals surface area contributed by atoms with Crippen molar-refractivity contribution in [2.45, 2.75) is 52.2 Å². The maximum atomic E-state index is 12.7. The topological polar surface area (TPSA) is 104 Å². The highest BCUT2D eigenvalue weighted by molar-refractivity contribution is 7.99. The van der Waals surface area contributed by atoms with E-state index in [0.717, 1.165) is 23.3 Å². The second-order valence-electron chi connectivity index (χ2n) is 7.36. The van der Waals surface area contributed by atoms with Crippen molar-refractivity contribution in [3.05, 3.63) is 27.2 Å². The minimum atomic E-state index is -0.432. The lowest BCUT2D eigenvalue weighted by atomic mass is 10.1. The fourth-order valence-corrected chi connectivity index (χ4v) is 5.25. The largest absolute Gasteiger partial charge is 0.462 e. The third-order valence-electron chi connectivity index (χ3n) is 4.90. The molecule has 3 rings (SSSR count). The van der Waals surface area contributed by atoms with Crippen molar-refractivity contribution in [1.29, 1.82) is 0 Å². The first-order chi connectivity index (χ1) is 15.8. The van der Waals surface area contributed by atoms with Gasteiger partial charge in [-0.05, 0) is 32.8 Å². The van der Waals surface area contributed by atoms with Crippen LogP contribution in [0.5, 0.6) is 0 Å². The van der Waals surface area contributed by atoms with Crippen LogP contribution >= 0.6 is 34.7 Å². The second-order valence-corrected chi connectivity index (χ2v) is 9.93. The summed E-state index contributed by atoms with van der Waals surface area (Å²) >= 11 is 8.96. The van der Waals surface area contributed by atoms with Crippen LogP contribution in [0.4, 0.5) is 5.00 Å². The molecular formula is C21H27ClN6O3S2. The van der Waals surface area contributed by atoms with Crippen molar-refractivity contribution in [3.8, 4) is 11.5 Å². The number of hydrogen-bond acceptors (Lipinski definition) is 8. The Morgan fingerprint density at radius 1 is 1.27 bits per heavy atom. The van der Waals surface area contributed by atoms with Crippen LogP contribution < -0.4 is 5.32 Å². The Morgan fingerprint density at radius 3 is 2.67 bits per heavy atom. The summed E-state index contributed by atoms with van der Waals surface area (Å²) in [6.45, 7) is 8.57. The van der Waals surface area contributed by atoms with Gasteiger partial charge in [0.15, 0.2) is 11.0 Å². The van der Waals surface area contributed by atoms with Crippen molar-refractivity contribution in [2.24, 2.45) is 7.05 Å². The highest BCUT2D eigenvalue weighted by atomic mass is 35.5. The predicted molar refractivity (Wildman–Crippen MR) is 131 cm³/mol. The lowest BCUT2D eigenvalue weighted by molar-refractivity contribution is -0.113. The monoisotopic (exact) mass is 510 g/mol. The maximum Gasteiger partial charge on any atom is 0.341 e. The number of thiophene rings is 1. The Bertz CT molecular complexity index is 1150. The van der Waals surface area contributed by atoms with Crippen LogP contribution in [0, 0.1) is 13.8 Å². The first-order valence-electron chi connectivity index (χ1n) is 10.6. The number of amides is 1. The van der Waals surface area contributed by atoms with Gasteiger partial charge in [-0.2, -0.15) is 5.10 Å². The third-order valence-corrected chi connectivity index (χ3v) is 7.26. The molecule has 33 heavy (non-hydrogen) atoms. The molecule has 0 aliphatic rings. The van der Waals surface area contributed by atoms with Crippen molar-refractivity contribution >= 4 is 51.6 Å². The molecule has 0 saturated heterocycles. The summed E-state index contributed by atoms with van der Waals surface area (Å²) in [5.41, 5.74) is 1.79. The molecule has 0 atom stereocenters. The van der Waals surface area contributed by atoms with Crippen LogP contribution in [0.1, 0.15) is 47.5 Å². The number of rotatable bonds is 10. The number of hydrogen-bond donors (Lipinski definition) is 1. The van der Waals surface area contributed by atoms with E-state index in [0.29, 0.717) is 38.8 Å². The van der Waals surface area contributed by atoms with Crippen LogP contribution in [-0.2, 0) is 23.1 Å². The highest BCUT2D eigenvalue weighted by Crippen LogP contribution is 2.33. The quantitative estimate of drug-likeness (QED) is 0.311. The predicted octanol–water partition coefficient (Wildman–Crippen LogP) is 4.72. The molecule has 178 valence electrons. The molecule has 3 heterocycles. The molecule has 0 aliphatic carbocycles. The van der Waals surface area contributed by atoms with E-state index >= 15 is 0 Å². The molecule has 12 heteroatoms. The van der Waals surface area contributed by atoms with E-state index in [-0.39, 0.29) is 18.3 Å². The number of unbranched alkanes of at least 4 members (excludes halogenated alkanes) is 1. The van der Waals surface area contributed by atoms with Gasteiger partial charge in [-0.3, -0.25) is 9.48 Å². The zero-order valence-electron chi connectivity index (χ0n) is 19.3. The van der Waals surface area contributed by atoms with Gasteiger partial charge in [0.2, 0.25) is 5.91 Å². The van der Waals surface area contributed by atoms with E-state index in [4.69, 9.17) is 16.3 Å². The van der Waals surface area contributed by atoms with Gasteiger partial charge in [0.05, 0.1) is 22.9 Å². The van der Waals surface area contributed by atoms with E-state index in [9.17, 15) is 9.59 Å². The average molecular weight is 511 g/mol. The molecule has 0 radical (unpaired) electrons. The average Bonchev–Trinajstić information content (AvgIpc) is 3.40. The minimum absolute atomic E-state index is 0.110. The summed E-state index contributed by atoms with van der Waals surface area (Å²) in [6, 6.07) is 0. The fourth-order valence-electron chi connectivity index (χ4n) is 3.16. The number of carbonyl (C=O) groups excluding carboxylic acids is 2. The van der Waals surface area contributed by atoms with Gasteiger partial charge in [0.25, 0.3) is 0 Å². The molecule has 0 fully saturated rings. The number of thioether (sulfide) groups is 1. The molecule has 9 nitrogen and oxygen atoms in total. The van der Waals surface area contributed by atoms with Gasteiger partial charge in [0.1, 0.15) is 10.7 Å². The molecular weight excluding hydrogens is 484 g/mol. The van der Waals surface area contributed by atoms with E-state index in [2.05, 4.69) is 27.5 Å². The number of ether oxygens (including phenoxy) is 1. The molecule has 0 aromatic carbocycles. The van der Waals surface area contributed by atoms with Crippen LogP contribution in [0.15, 0.2) is 11.4 Å². The Balaban J connectivity index is 1.76. The maximum absolute atomic E-state index is 12.7. The molecule has 3 aromatic rings. The number of aromatic nitrogens is 5. The van der Waals surface area contributed by atoms with Crippen molar-refractivity contribution < 1.29 is 14.3 Å². The van der Waals surface area contributed by atoms with Crippen molar-refractivity contribution in [3.63, 3.8) is 0 Å². The number of esters is 1. The normalized spacial score (nSPS) is 11.1. The summed E-state index contributed by atoms with van der Waals surface area (Å²) in [5.74, 6) is 0.0113. The second kappa shape index (κ2) is 11.2. The smallest absolute Gasteiger partial charge is 0.341 e. The Hall–Kier alpha value is -2.37. The lowest BCUT2D eigenvalue weighted by Crippen LogP contribution is -2.17. The Morgan fingerprint density at radius 2 is 2.03 bits per heavy atom. The first-order valence-corrected chi connectivity index (χ1v) is 12.8. The fraction of sp³-hybridized carbons (Fsp3) is 0.476. The molecule has 1 amide bonds. The molecule has 0 spiro atoms. The van der Waals surface area contributed by atoms with E-state index in [1.165, 1.54) is 23.1 Å². The first kappa shape index (κ1) is 25.3. The summed E-state index contributed by atoms with van der Waals surface area (Å²) in [4.78, 5) is 26.0. The van der Waals surface area contributed by atoms with E-state index in [1.54, 1.807) is 24.9 Å². The summed E-state index contributed by atoms with van der Waals surface area (Å²) in [5, 5.41) is 17.4. The van der Waals surface area contributed by atoms with Crippen molar-refractivity contribution in [2.75, 3.05) is 17.7 Å². The molecule has 0 bridgehead atoms. The van der Waals surface area contributed by atoms with Gasteiger partial charge >= 0.3 is 5.97 Å². The summed E-state index contributed by atoms with van der Waals surface area (Å²) < 4.78 is 8.73. The standard InChI is InChI=1S/C21H27ClN6O3S2/c1-6-8-9-28-18(17-14(22)10-27(5)26-17)24-25-21(28)32-11-15(29)23-19-16(20(30)31-7-2)12(3)13(4)33-19/h10H,6-9,11H2,1-5H3,(H,23,29). The van der Waals surface area contributed by atoms with Crippen LogP contribution in [-0.4, -0.2) is 48.8 Å². The number of aryl methyl sites for hydroxylation is 2. The van der Waals surface area contributed by atoms with Gasteiger partial charge < -0.3 is 14.6 Å². The highest BCUT2D eigenvalue weighted by Gasteiger charge is 2.23. The minimum Gasteiger partial charge on any atom is -0.462 e. The van der Waals surface area contributed by atoms with Gasteiger partial charge in [-0.25, -0.2) is 4.79 Å². The molecule has 3 aromatic heterocycles.